The summed E-state index contributed by atoms with van der Waals surface area (Å²) in [4.78, 5) is 0. The summed E-state index contributed by atoms with van der Waals surface area (Å²) in [5.41, 5.74) is 0. The van der Waals surface area contributed by atoms with Crippen molar-refractivity contribution < 1.29 is 4.74 Å². The van der Waals surface area contributed by atoms with Gasteiger partial charge in [0.05, 0.1) is 0 Å². The van der Waals surface area contributed by atoms with Crippen LogP contribution in [0.1, 0.15) is 0 Å². The van der Waals surface area contributed by atoms with Gasteiger partial charge >= 0.3 is 0 Å². The molecule has 0 radical (unpaired) electrons. The Labute approximate surface area is 55.6 Å². The van der Waals surface area contributed by atoms with E-state index in [2.05, 4.69) is 26.3 Å². The van der Waals surface area contributed by atoms with Gasteiger partial charge in [0.1, 0.15) is 11.5 Å². The van der Waals surface area contributed by atoms with Gasteiger partial charge in [0, 0.05) is 0 Å². The van der Waals surface area contributed by atoms with Crippen LogP contribution in [0.2, 0.25) is 0 Å². The number of ether oxygens (including phenoxy) is 1. The predicted molar refractivity (Wildman–Crippen MR) is 39.8 cm³/mol. The topological polar surface area (TPSA) is 9.23 Å². The summed E-state index contributed by atoms with van der Waals surface area (Å²) in [6, 6.07) is 0. The first-order valence-corrected chi connectivity index (χ1v) is 2.51. The van der Waals surface area contributed by atoms with E-state index < -0.39 is 0 Å². The van der Waals surface area contributed by atoms with E-state index in [1.54, 1.807) is 0 Å². The molecule has 0 fully saturated rings. The van der Waals surface area contributed by atoms with E-state index >= 15 is 0 Å². The van der Waals surface area contributed by atoms with Crippen LogP contribution in [0.3, 0.4) is 0 Å². The van der Waals surface area contributed by atoms with Crippen LogP contribution in [0, 0.1) is 0 Å². The molecule has 0 saturated heterocycles. The highest BCUT2D eigenvalue weighted by molar-refractivity contribution is 5.11. The Morgan fingerprint density at radius 1 is 1.00 bits per heavy atom. The maximum absolute atomic E-state index is 4.92. The van der Waals surface area contributed by atoms with Gasteiger partial charge in [-0.2, -0.15) is 0 Å². The van der Waals surface area contributed by atoms with Gasteiger partial charge in [-0.3, -0.25) is 0 Å². The second-order valence-corrected chi connectivity index (χ2v) is 1.44. The predicted octanol–water partition coefficient (Wildman–Crippen LogP) is 2.40. The second-order valence-electron chi connectivity index (χ2n) is 1.44. The van der Waals surface area contributed by atoms with E-state index in [-0.39, 0.29) is 0 Å². The zero-order chi connectivity index (χ0) is 7.28. The molecule has 0 aliphatic carbocycles. The Morgan fingerprint density at radius 2 is 1.33 bits per heavy atom. The molecule has 0 atom stereocenters. The maximum atomic E-state index is 4.92. The van der Waals surface area contributed by atoms with Crippen LogP contribution in [0.5, 0.6) is 0 Å². The lowest BCUT2D eigenvalue weighted by molar-refractivity contribution is 0.340. The van der Waals surface area contributed by atoms with Gasteiger partial charge in [0.2, 0.25) is 0 Å². The lowest BCUT2D eigenvalue weighted by Crippen LogP contribution is -1.82. The number of rotatable bonds is 4. The average molecular weight is 122 g/mol. The molecule has 48 valence electrons. The van der Waals surface area contributed by atoms with Gasteiger partial charge in [-0.25, -0.2) is 0 Å². The van der Waals surface area contributed by atoms with Gasteiger partial charge < -0.3 is 4.74 Å². The first-order chi connectivity index (χ1) is 4.20. The van der Waals surface area contributed by atoms with Crippen LogP contribution in [0.25, 0.3) is 0 Å². The van der Waals surface area contributed by atoms with E-state index in [1.165, 1.54) is 12.2 Å². The molecule has 9 heavy (non-hydrogen) atoms. The molecular formula is C8H10O. The van der Waals surface area contributed by atoms with Crippen LogP contribution in [0.4, 0.5) is 0 Å². The van der Waals surface area contributed by atoms with Crippen molar-refractivity contribution in [3.8, 4) is 0 Å². The third-order valence-electron chi connectivity index (χ3n) is 0.718. The van der Waals surface area contributed by atoms with Crippen LogP contribution in [0.15, 0.2) is 50.0 Å². The molecule has 0 spiro atoms. The molecule has 0 aliphatic heterocycles. The van der Waals surface area contributed by atoms with E-state index in [1.807, 2.05) is 0 Å². The average Bonchev–Trinajstić information content (AvgIpc) is 1.87. The molecule has 0 aromatic carbocycles. The number of hydrogen-bond acceptors (Lipinski definition) is 1. The van der Waals surface area contributed by atoms with Gasteiger partial charge in [-0.05, 0) is 12.2 Å². The molecular weight excluding hydrogens is 112 g/mol. The third kappa shape index (κ3) is 3.35. The lowest BCUT2D eigenvalue weighted by Gasteiger charge is -2.01. The molecule has 0 aromatic heterocycles. The highest BCUT2D eigenvalue weighted by Gasteiger charge is 1.86. The summed E-state index contributed by atoms with van der Waals surface area (Å²) >= 11 is 0. The molecule has 0 aliphatic rings. The smallest absolute Gasteiger partial charge is 0.119 e. The standard InChI is InChI=1S/C8H10O/c1-5-7(3)9-8(4)6-2/h5-6H,1-4H2. The van der Waals surface area contributed by atoms with Crippen LogP contribution in [-0.4, -0.2) is 0 Å². The van der Waals surface area contributed by atoms with Crippen molar-refractivity contribution in [3.05, 3.63) is 50.0 Å². The van der Waals surface area contributed by atoms with E-state index in [9.17, 15) is 0 Å². The minimum Gasteiger partial charge on any atom is -0.459 e. The summed E-state index contributed by atoms with van der Waals surface area (Å²) in [5.74, 6) is 0.972. The lowest BCUT2D eigenvalue weighted by atomic mass is 10.5. The fraction of sp³-hybridized carbons (Fsp3) is 0. The highest BCUT2D eigenvalue weighted by Crippen LogP contribution is 2.02. The number of allylic oxidation sites excluding steroid dienone is 2. The van der Waals surface area contributed by atoms with E-state index in [4.69, 9.17) is 4.74 Å². The summed E-state index contributed by atoms with van der Waals surface area (Å²) in [5, 5.41) is 0. The minimum absolute atomic E-state index is 0.486. The molecule has 1 nitrogen and oxygen atoms in total. The Balaban J connectivity index is 3.73. The third-order valence-corrected chi connectivity index (χ3v) is 0.718. The van der Waals surface area contributed by atoms with Crippen molar-refractivity contribution in [1.82, 2.24) is 0 Å². The SMILES string of the molecule is C=CC(=C)OC(=C)C=C. The zero-order valence-electron chi connectivity index (χ0n) is 5.39. The van der Waals surface area contributed by atoms with Crippen LogP contribution < -0.4 is 0 Å². The van der Waals surface area contributed by atoms with Crippen LogP contribution in [-0.2, 0) is 4.74 Å². The molecule has 1 heteroatoms. The van der Waals surface area contributed by atoms with Crippen molar-refractivity contribution in [1.29, 1.82) is 0 Å². The van der Waals surface area contributed by atoms with Crippen molar-refractivity contribution in [2.45, 2.75) is 0 Å². The Kier molecular flexibility index (Phi) is 3.21. The molecule has 0 amide bonds. The molecule has 0 saturated carbocycles. The van der Waals surface area contributed by atoms with Gasteiger partial charge in [-0.15, -0.1) is 0 Å². The Hall–Kier alpha value is -1.24. The molecule has 0 bridgehead atoms. The largest absolute Gasteiger partial charge is 0.459 e. The van der Waals surface area contributed by atoms with Crippen molar-refractivity contribution in [2.75, 3.05) is 0 Å². The highest BCUT2D eigenvalue weighted by atomic mass is 16.5. The molecule has 0 rings (SSSR count). The maximum Gasteiger partial charge on any atom is 0.119 e. The minimum atomic E-state index is 0.486. The quantitative estimate of drug-likeness (QED) is 0.411. The zero-order valence-corrected chi connectivity index (χ0v) is 5.39. The number of hydrogen-bond donors (Lipinski definition) is 0. The van der Waals surface area contributed by atoms with Gasteiger partial charge in [0.15, 0.2) is 0 Å². The fourth-order valence-electron chi connectivity index (χ4n) is 0.252. The monoisotopic (exact) mass is 122 g/mol. The Bertz CT molecular complexity index is 136. The second kappa shape index (κ2) is 3.72. The molecule has 0 aromatic rings. The normalized spacial score (nSPS) is 7.56. The first kappa shape index (κ1) is 7.76. The van der Waals surface area contributed by atoms with Gasteiger partial charge in [-0.1, -0.05) is 26.3 Å². The van der Waals surface area contributed by atoms with E-state index in [0.717, 1.165) is 0 Å². The molecule has 0 heterocycles. The molecule has 0 N–H and O–H groups in total. The summed E-state index contributed by atoms with van der Waals surface area (Å²) in [6.45, 7) is 13.9. The summed E-state index contributed by atoms with van der Waals surface area (Å²) < 4.78 is 4.92. The van der Waals surface area contributed by atoms with Crippen molar-refractivity contribution >= 4 is 0 Å². The summed E-state index contributed by atoms with van der Waals surface area (Å²) in [7, 11) is 0. The van der Waals surface area contributed by atoms with Gasteiger partial charge in [0.25, 0.3) is 0 Å². The first-order valence-electron chi connectivity index (χ1n) is 2.51. The summed E-state index contributed by atoms with van der Waals surface area (Å²) in [6.07, 6.45) is 3.02. The fourth-order valence-corrected chi connectivity index (χ4v) is 0.252. The van der Waals surface area contributed by atoms with Crippen molar-refractivity contribution in [2.24, 2.45) is 0 Å². The Morgan fingerprint density at radius 3 is 1.56 bits per heavy atom. The van der Waals surface area contributed by atoms with Crippen LogP contribution >= 0.6 is 0 Å². The molecule has 0 unspecified atom stereocenters. The van der Waals surface area contributed by atoms with Crippen molar-refractivity contribution in [3.63, 3.8) is 0 Å². The van der Waals surface area contributed by atoms with E-state index in [0.29, 0.717) is 11.5 Å².